The van der Waals surface area contributed by atoms with Gasteiger partial charge in [0, 0.05) is 24.9 Å². The molecule has 0 saturated heterocycles. The van der Waals surface area contributed by atoms with Gasteiger partial charge in [-0.15, -0.1) is 0 Å². The highest BCUT2D eigenvalue weighted by Crippen LogP contribution is 2.18. The van der Waals surface area contributed by atoms with Crippen LogP contribution in [0.5, 0.6) is 5.75 Å². The van der Waals surface area contributed by atoms with Crippen molar-refractivity contribution in [3.8, 4) is 5.75 Å². The van der Waals surface area contributed by atoms with Crippen molar-refractivity contribution in [3.05, 3.63) is 29.8 Å². The molecular weight excluding hydrogens is 320 g/mol. The smallest absolute Gasteiger partial charge is 0.261 e. The van der Waals surface area contributed by atoms with Crippen molar-refractivity contribution in [3.63, 3.8) is 0 Å². The van der Waals surface area contributed by atoms with Crippen molar-refractivity contribution in [2.75, 3.05) is 6.54 Å². The molecule has 0 aromatic heterocycles. The minimum Gasteiger partial charge on any atom is -0.481 e. The third kappa shape index (κ3) is 5.86. The van der Waals surface area contributed by atoms with E-state index in [1.807, 2.05) is 32.9 Å². The van der Waals surface area contributed by atoms with Crippen molar-refractivity contribution in [2.24, 2.45) is 10.8 Å². The predicted molar refractivity (Wildman–Crippen MR) is 96.3 cm³/mol. The minimum absolute atomic E-state index is 0.0684. The lowest BCUT2D eigenvalue weighted by molar-refractivity contribution is -0.128. The number of hydrogen-bond donors (Lipinski definition) is 3. The molecule has 1 aromatic carbocycles. The van der Waals surface area contributed by atoms with Crippen molar-refractivity contribution in [2.45, 2.75) is 51.7 Å². The average molecular weight is 346 g/mol. The fraction of sp³-hybridized carbons (Fsp3) is 0.500. The van der Waals surface area contributed by atoms with Crippen LogP contribution in [0.1, 0.15) is 45.6 Å². The van der Waals surface area contributed by atoms with Crippen LogP contribution in [0.3, 0.4) is 0 Å². The minimum atomic E-state index is -0.570. The third-order valence-corrected chi connectivity index (χ3v) is 3.75. The first-order valence-electron chi connectivity index (χ1n) is 8.47. The van der Waals surface area contributed by atoms with E-state index < -0.39 is 11.6 Å². The van der Waals surface area contributed by atoms with Crippen LogP contribution < -0.4 is 21.2 Å². The summed E-state index contributed by atoms with van der Waals surface area (Å²) in [6.07, 6.45) is 1.03. The molecule has 1 heterocycles. The maximum Gasteiger partial charge on any atom is 0.261 e. The molecule has 1 aliphatic heterocycles. The zero-order valence-electron chi connectivity index (χ0n) is 15.0. The van der Waals surface area contributed by atoms with E-state index >= 15 is 0 Å². The molecule has 0 spiro atoms. The molecule has 0 aliphatic carbocycles. The number of carbonyl (C=O) groups excluding carboxylic acids is 2. The molecule has 25 heavy (non-hydrogen) atoms. The molecule has 2 amide bonds. The van der Waals surface area contributed by atoms with Crippen LogP contribution in [0.25, 0.3) is 0 Å². The van der Waals surface area contributed by atoms with E-state index in [4.69, 9.17) is 10.5 Å². The summed E-state index contributed by atoms with van der Waals surface area (Å²) in [7, 11) is 0. The van der Waals surface area contributed by atoms with E-state index in [-0.39, 0.29) is 11.8 Å². The molecule has 1 aromatic rings. The van der Waals surface area contributed by atoms with E-state index in [9.17, 15) is 9.59 Å². The number of amides is 2. The number of nitrogens with one attached hydrogen (secondary N) is 2. The molecule has 2 rings (SSSR count). The Hall–Kier alpha value is -2.41. The van der Waals surface area contributed by atoms with Crippen LogP contribution in [0, 0.1) is 0 Å². The van der Waals surface area contributed by atoms with Gasteiger partial charge in [-0.25, -0.2) is 5.43 Å². The van der Waals surface area contributed by atoms with Gasteiger partial charge in [0.05, 0.1) is 5.71 Å². The summed E-state index contributed by atoms with van der Waals surface area (Å²) in [5.41, 5.74) is 9.66. The average Bonchev–Trinajstić information content (AvgIpc) is 2.58. The molecule has 0 bridgehead atoms. The van der Waals surface area contributed by atoms with Crippen LogP contribution in [-0.2, 0) is 9.59 Å². The normalized spacial score (nSPS) is 15.8. The standard InChI is InChI=1S/C18H26N4O3/c1-4-15(17(24)20-11-18(2,3)19)25-13-7-5-12(6-8-13)14-9-10-16(23)22-21-14/h5-8,15H,4,9-11,19H2,1-3H3,(H,20,24)(H,22,23). The number of hydrogen-bond acceptors (Lipinski definition) is 5. The zero-order chi connectivity index (χ0) is 18.4. The van der Waals surface area contributed by atoms with Gasteiger partial charge in [0.15, 0.2) is 6.10 Å². The van der Waals surface area contributed by atoms with Crippen LogP contribution in [0.15, 0.2) is 29.4 Å². The topological polar surface area (TPSA) is 106 Å². The van der Waals surface area contributed by atoms with Crippen molar-refractivity contribution >= 4 is 17.5 Å². The van der Waals surface area contributed by atoms with Gasteiger partial charge in [0.2, 0.25) is 5.91 Å². The highest BCUT2D eigenvalue weighted by Gasteiger charge is 2.21. The molecule has 136 valence electrons. The molecule has 0 fully saturated rings. The Balaban J connectivity index is 1.96. The van der Waals surface area contributed by atoms with Gasteiger partial charge < -0.3 is 15.8 Å². The number of hydrazone groups is 1. The molecule has 0 saturated carbocycles. The first-order chi connectivity index (χ1) is 11.8. The van der Waals surface area contributed by atoms with Gasteiger partial charge in [0.1, 0.15) is 5.75 Å². The van der Waals surface area contributed by atoms with Gasteiger partial charge in [-0.1, -0.05) is 6.92 Å². The first kappa shape index (κ1) is 18.9. The van der Waals surface area contributed by atoms with Crippen molar-refractivity contribution < 1.29 is 14.3 Å². The Labute approximate surface area is 148 Å². The van der Waals surface area contributed by atoms with Gasteiger partial charge in [-0.2, -0.15) is 5.10 Å². The highest BCUT2D eigenvalue weighted by atomic mass is 16.5. The van der Waals surface area contributed by atoms with Crippen LogP contribution in [0.4, 0.5) is 0 Å². The Morgan fingerprint density at radius 3 is 2.56 bits per heavy atom. The fourth-order valence-electron chi connectivity index (χ4n) is 2.32. The summed E-state index contributed by atoms with van der Waals surface area (Å²) < 4.78 is 5.79. The summed E-state index contributed by atoms with van der Waals surface area (Å²) >= 11 is 0. The molecule has 7 heteroatoms. The predicted octanol–water partition coefficient (Wildman–Crippen LogP) is 1.31. The quantitative estimate of drug-likeness (QED) is 0.692. The van der Waals surface area contributed by atoms with Gasteiger partial charge in [-0.05, 0) is 50.1 Å². The maximum absolute atomic E-state index is 12.2. The second-order valence-electron chi connectivity index (χ2n) is 6.84. The molecule has 1 atom stereocenters. The number of ether oxygens (including phenoxy) is 1. The molecule has 0 radical (unpaired) electrons. The highest BCUT2D eigenvalue weighted by molar-refractivity contribution is 6.04. The first-order valence-corrected chi connectivity index (χ1v) is 8.47. The Morgan fingerprint density at radius 1 is 1.36 bits per heavy atom. The summed E-state index contributed by atoms with van der Waals surface area (Å²) in [6.45, 7) is 5.98. The van der Waals surface area contributed by atoms with Gasteiger partial charge >= 0.3 is 0 Å². The van der Waals surface area contributed by atoms with E-state index in [1.165, 1.54) is 0 Å². The van der Waals surface area contributed by atoms with E-state index in [0.29, 0.717) is 31.6 Å². The number of nitrogens with two attached hydrogens (primary N) is 1. The zero-order valence-corrected chi connectivity index (χ0v) is 15.0. The number of rotatable bonds is 7. The van der Waals surface area contributed by atoms with E-state index in [1.54, 1.807) is 12.1 Å². The lowest BCUT2D eigenvalue weighted by atomic mass is 10.0. The maximum atomic E-state index is 12.2. The summed E-state index contributed by atoms with van der Waals surface area (Å²) in [4.78, 5) is 23.4. The SMILES string of the molecule is CCC(Oc1ccc(C2=NNC(=O)CC2)cc1)C(=O)NCC(C)(C)N. The second kappa shape index (κ2) is 8.11. The van der Waals surface area contributed by atoms with Gasteiger partial charge in [0.25, 0.3) is 5.91 Å². The van der Waals surface area contributed by atoms with Crippen LogP contribution in [-0.4, -0.2) is 35.7 Å². The third-order valence-electron chi connectivity index (χ3n) is 3.75. The van der Waals surface area contributed by atoms with E-state index in [2.05, 4.69) is 15.8 Å². The summed E-state index contributed by atoms with van der Waals surface area (Å²) in [5.74, 6) is 0.365. The largest absolute Gasteiger partial charge is 0.481 e. The summed E-state index contributed by atoms with van der Waals surface area (Å²) in [6, 6.07) is 7.35. The van der Waals surface area contributed by atoms with Crippen LogP contribution >= 0.6 is 0 Å². The monoisotopic (exact) mass is 346 g/mol. The lowest BCUT2D eigenvalue weighted by Gasteiger charge is -2.22. The Bertz CT molecular complexity index is 647. The van der Waals surface area contributed by atoms with E-state index in [0.717, 1.165) is 11.3 Å². The number of benzene rings is 1. The van der Waals surface area contributed by atoms with Crippen molar-refractivity contribution in [1.82, 2.24) is 10.7 Å². The molecule has 4 N–H and O–H groups in total. The molecular formula is C18H26N4O3. The lowest BCUT2D eigenvalue weighted by Crippen LogP contribution is -2.48. The Morgan fingerprint density at radius 2 is 2.04 bits per heavy atom. The van der Waals surface area contributed by atoms with Gasteiger partial charge in [-0.3, -0.25) is 9.59 Å². The molecule has 1 aliphatic rings. The number of carbonyl (C=O) groups is 2. The molecule has 1 unspecified atom stereocenters. The van der Waals surface area contributed by atoms with Crippen LogP contribution in [0.2, 0.25) is 0 Å². The molecule has 7 nitrogen and oxygen atoms in total. The second-order valence-corrected chi connectivity index (χ2v) is 6.84. The van der Waals surface area contributed by atoms with Crippen molar-refractivity contribution in [1.29, 1.82) is 0 Å². The fourth-order valence-corrected chi connectivity index (χ4v) is 2.32. The Kier molecular flexibility index (Phi) is 6.14. The summed E-state index contributed by atoms with van der Waals surface area (Å²) in [5, 5.41) is 6.88. The number of nitrogens with zero attached hydrogens (tertiary/aromatic N) is 1.